The van der Waals surface area contributed by atoms with Gasteiger partial charge in [-0.1, -0.05) is 39.0 Å². The van der Waals surface area contributed by atoms with Gasteiger partial charge in [-0.2, -0.15) is 0 Å². The summed E-state index contributed by atoms with van der Waals surface area (Å²) in [7, 11) is 0. The van der Waals surface area contributed by atoms with Crippen LogP contribution in [0.25, 0.3) is 11.0 Å². The molecule has 0 aliphatic carbocycles. The van der Waals surface area contributed by atoms with Crippen LogP contribution in [-0.4, -0.2) is 50.2 Å². The monoisotopic (exact) mass is 527 g/mol. The van der Waals surface area contributed by atoms with Crippen molar-refractivity contribution in [2.45, 2.75) is 72.1 Å². The van der Waals surface area contributed by atoms with E-state index in [1.807, 2.05) is 50.5 Å². The zero-order valence-corrected chi connectivity index (χ0v) is 22.2. The Hall–Kier alpha value is -3.53. The van der Waals surface area contributed by atoms with Gasteiger partial charge >= 0.3 is 6.09 Å². The average molecular weight is 528 g/mol. The maximum atomic E-state index is 13.0. The molecule has 3 aromatic rings. The van der Waals surface area contributed by atoms with E-state index >= 15 is 0 Å². The number of imidazole rings is 1. The molecule has 1 saturated heterocycles. The summed E-state index contributed by atoms with van der Waals surface area (Å²) < 4.78 is 27.8. The van der Waals surface area contributed by atoms with Crippen molar-refractivity contribution in [1.29, 1.82) is 0 Å². The van der Waals surface area contributed by atoms with E-state index in [4.69, 9.17) is 0 Å². The van der Waals surface area contributed by atoms with Crippen molar-refractivity contribution < 1.29 is 23.5 Å². The summed E-state index contributed by atoms with van der Waals surface area (Å²) in [5.41, 5.74) is 2.11. The molecule has 1 aromatic heterocycles. The van der Waals surface area contributed by atoms with E-state index in [1.54, 1.807) is 0 Å². The van der Waals surface area contributed by atoms with E-state index in [0.717, 1.165) is 30.5 Å². The topological polar surface area (TPSA) is 99.5 Å². The summed E-state index contributed by atoms with van der Waals surface area (Å²) >= 11 is 0. The third-order valence-electron chi connectivity index (χ3n) is 7.35. The molecule has 1 aliphatic heterocycles. The first-order valence-corrected chi connectivity index (χ1v) is 12.9. The molecule has 10 heteroatoms. The molecule has 3 N–H and O–H groups in total. The second kappa shape index (κ2) is 11.1. The number of nitrogens with one attached hydrogen (secondary N) is 2. The first-order valence-electron chi connectivity index (χ1n) is 12.9. The summed E-state index contributed by atoms with van der Waals surface area (Å²) in [6, 6.07) is 10.9. The largest absolute Gasteiger partial charge is 0.465 e. The number of nitrogens with zero attached hydrogens (tertiary/aromatic N) is 3. The molecule has 1 aliphatic rings. The van der Waals surface area contributed by atoms with Crippen molar-refractivity contribution >= 4 is 29.0 Å². The van der Waals surface area contributed by atoms with Gasteiger partial charge in [-0.05, 0) is 61.6 Å². The van der Waals surface area contributed by atoms with Gasteiger partial charge in [0.05, 0.1) is 11.0 Å². The number of amides is 2. The van der Waals surface area contributed by atoms with Crippen LogP contribution in [0.15, 0.2) is 42.5 Å². The Labute approximate surface area is 221 Å². The number of carbonyl (C=O) groups is 2. The highest BCUT2D eigenvalue weighted by molar-refractivity contribution is 6.04. The second-order valence-electron chi connectivity index (χ2n) is 11.0. The Morgan fingerprint density at radius 2 is 1.92 bits per heavy atom. The van der Waals surface area contributed by atoms with Gasteiger partial charge in [0, 0.05) is 36.3 Å². The molecule has 2 atom stereocenters. The summed E-state index contributed by atoms with van der Waals surface area (Å²) in [6.45, 7) is 9.65. The van der Waals surface area contributed by atoms with Gasteiger partial charge in [-0.25, -0.2) is 18.6 Å². The van der Waals surface area contributed by atoms with Crippen LogP contribution in [0.1, 0.15) is 68.4 Å². The molecular weight excluding hydrogens is 492 g/mol. The number of aromatic nitrogens is 2. The predicted octanol–water partition coefficient (Wildman–Crippen LogP) is 5.89. The molecule has 0 radical (unpaired) electrons. The van der Waals surface area contributed by atoms with Gasteiger partial charge in [0.2, 0.25) is 5.95 Å². The number of carboxylic acid groups (broad SMARTS) is 1. The molecule has 1 fully saturated rings. The molecule has 2 unspecified atom stereocenters. The number of hydrogen-bond donors (Lipinski definition) is 3. The van der Waals surface area contributed by atoms with Crippen LogP contribution in [0, 0.1) is 5.41 Å². The summed E-state index contributed by atoms with van der Waals surface area (Å²) in [4.78, 5) is 31.1. The molecule has 0 saturated carbocycles. The number of halogens is 2. The minimum atomic E-state index is -2.60. The third-order valence-corrected chi connectivity index (χ3v) is 7.35. The number of benzene rings is 2. The van der Waals surface area contributed by atoms with Crippen molar-refractivity contribution in [3.05, 3.63) is 59.2 Å². The van der Waals surface area contributed by atoms with Gasteiger partial charge in [0.15, 0.2) is 0 Å². The van der Waals surface area contributed by atoms with Gasteiger partial charge in [-0.3, -0.25) is 10.1 Å². The molecule has 2 aromatic carbocycles. The van der Waals surface area contributed by atoms with Gasteiger partial charge < -0.3 is 19.9 Å². The number of fused-ring (bicyclic) bond motifs is 1. The summed E-state index contributed by atoms with van der Waals surface area (Å²) in [6.07, 6.45) is -1.53. The van der Waals surface area contributed by atoms with Crippen molar-refractivity contribution in [1.82, 2.24) is 19.8 Å². The van der Waals surface area contributed by atoms with Gasteiger partial charge in [-0.15, -0.1) is 0 Å². The smallest absolute Gasteiger partial charge is 0.407 e. The van der Waals surface area contributed by atoms with Crippen LogP contribution in [0.5, 0.6) is 0 Å². The highest BCUT2D eigenvalue weighted by atomic mass is 19.3. The lowest BCUT2D eigenvalue weighted by Gasteiger charge is -2.36. The fourth-order valence-electron chi connectivity index (χ4n) is 4.67. The van der Waals surface area contributed by atoms with Crippen molar-refractivity contribution in [3.8, 4) is 0 Å². The van der Waals surface area contributed by atoms with E-state index in [-0.39, 0.29) is 35.2 Å². The van der Waals surface area contributed by atoms with E-state index in [0.29, 0.717) is 18.0 Å². The first-order chi connectivity index (χ1) is 17.9. The number of rotatable bonds is 8. The predicted molar refractivity (Wildman–Crippen MR) is 143 cm³/mol. The Balaban J connectivity index is 1.65. The number of alkyl halides is 2. The van der Waals surface area contributed by atoms with E-state index in [2.05, 4.69) is 15.6 Å². The second-order valence-corrected chi connectivity index (χ2v) is 11.0. The molecule has 204 valence electrons. The van der Waals surface area contributed by atoms with E-state index < -0.39 is 18.4 Å². The fraction of sp³-hybridized carbons (Fsp3) is 0.464. The van der Waals surface area contributed by atoms with Gasteiger partial charge in [0.1, 0.15) is 0 Å². The SMILES string of the molecule is CC(N(Cc1ccc2c(c1)nc(NC(=O)c1ccc(C(F)F)cc1)n2CC1CCCN1)C(=O)O)C(C)(C)C. The first kappa shape index (κ1) is 27.5. The Kier molecular flexibility index (Phi) is 8.01. The maximum absolute atomic E-state index is 13.0. The van der Waals surface area contributed by atoms with E-state index in [1.165, 1.54) is 29.2 Å². The van der Waals surface area contributed by atoms with Crippen LogP contribution in [0.3, 0.4) is 0 Å². The van der Waals surface area contributed by atoms with Crippen LogP contribution >= 0.6 is 0 Å². The Morgan fingerprint density at radius 1 is 1.21 bits per heavy atom. The highest BCUT2D eigenvalue weighted by Crippen LogP contribution is 2.28. The normalized spacial score (nSPS) is 16.7. The van der Waals surface area contributed by atoms with Crippen LogP contribution in [0.2, 0.25) is 0 Å². The minimum Gasteiger partial charge on any atom is -0.465 e. The molecule has 0 spiro atoms. The third kappa shape index (κ3) is 6.12. The number of anilines is 1. The molecule has 8 nitrogen and oxygen atoms in total. The number of carbonyl (C=O) groups excluding carboxylic acids is 1. The summed E-state index contributed by atoms with van der Waals surface area (Å²) in [5.74, 6) is -0.0926. The molecular formula is C28H35F2N5O3. The quantitative estimate of drug-likeness (QED) is 0.339. The van der Waals surface area contributed by atoms with Gasteiger partial charge in [0.25, 0.3) is 12.3 Å². The van der Waals surface area contributed by atoms with E-state index in [9.17, 15) is 23.5 Å². The molecule has 38 heavy (non-hydrogen) atoms. The molecule has 4 rings (SSSR count). The van der Waals surface area contributed by atoms with Crippen LogP contribution < -0.4 is 10.6 Å². The lowest BCUT2D eigenvalue weighted by Crippen LogP contribution is -2.44. The standard InChI is InChI=1S/C28H35F2N5O3/c1-17(28(2,3)4)34(27(37)38)15-18-7-12-23-22(14-18)32-26(35(23)16-21-6-5-13-31-21)33-25(36)20-10-8-19(9-11-20)24(29)30/h7-12,14,17,21,24,31H,5-6,13,15-16H2,1-4H3,(H,37,38)(H,32,33,36). The maximum Gasteiger partial charge on any atom is 0.407 e. The van der Waals surface area contributed by atoms with Crippen molar-refractivity contribution in [2.75, 3.05) is 11.9 Å². The zero-order valence-electron chi connectivity index (χ0n) is 22.2. The Morgan fingerprint density at radius 3 is 2.50 bits per heavy atom. The Bertz CT molecular complexity index is 1290. The van der Waals surface area contributed by atoms with Crippen LogP contribution in [0.4, 0.5) is 19.5 Å². The molecule has 2 amide bonds. The summed E-state index contributed by atoms with van der Waals surface area (Å²) in [5, 5.41) is 16.2. The average Bonchev–Trinajstić information content (AvgIpc) is 3.49. The molecule has 2 heterocycles. The lowest BCUT2D eigenvalue weighted by molar-refractivity contribution is 0.0858. The number of hydrogen-bond acceptors (Lipinski definition) is 4. The lowest BCUT2D eigenvalue weighted by atomic mass is 9.87. The van der Waals surface area contributed by atoms with Crippen molar-refractivity contribution in [2.24, 2.45) is 5.41 Å². The minimum absolute atomic E-state index is 0.148. The molecule has 0 bridgehead atoms. The van der Waals surface area contributed by atoms with Crippen molar-refractivity contribution in [3.63, 3.8) is 0 Å². The zero-order chi connectivity index (χ0) is 27.6. The highest BCUT2D eigenvalue weighted by Gasteiger charge is 2.30. The van der Waals surface area contributed by atoms with Crippen LogP contribution in [-0.2, 0) is 13.1 Å². The fourth-order valence-corrected chi connectivity index (χ4v) is 4.67.